The predicted molar refractivity (Wildman–Crippen MR) is 77.3 cm³/mol. The van der Waals surface area contributed by atoms with Gasteiger partial charge in [0.05, 0.1) is 11.0 Å². The second-order valence-corrected chi connectivity index (χ2v) is 4.94. The molecular formula is C16H16N2O. The molecule has 0 radical (unpaired) electrons. The highest BCUT2D eigenvalue weighted by Gasteiger charge is 2.13. The van der Waals surface area contributed by atoms with E-state index in [0.717, 1.165) is 28.0 Å². The number of rotatable bonds is 1. The van der Waals surface area contributed by atoms with Crippen molar-refractivity contribution in [1.82, 2.24) is 9.55 Å². The van der Waals surface area contributed by atoms with Gasteiger partial charge in [-0.25, -0.2) is 4.98 Å². The molecule has 96 valence electrons. The number of nitrogens with zero attached hydrogens (tertiary/aromatic N) is 2. The third kappa shape index (κ3) is 1.78. The van der Waals surface area contributed by atoms with Crippen LogP contribution in [0.1, 0.15) is 11.1 Å². The van der Waals surface area contributed by atoms with Crippen molar-refractivity contribution in [3.8, 4) is 17.1 Å². The topological polar surface area (TPSA) is 38.1 Å². The van der Waals surface area contributed by atoms with E-state index in [-0.39, 0.29) is 0 Å². The Morgan fingerprint density at radius 3 is 2.68 bits per heavy atom. The zero-order chi connectivity index (χ0) is 13.6. The summed E-state index contributed by atoms with van der Waals surface area (Å²) in [6.07, 6.45) is 0. The fourth-order valence-electron chi connectivity index (χ4n) is 2.42. The number of phenols is 1. The maximum absolute atomic E-state index is 9.83. The summed E-state index contributed by atoms with van der Waals surface area (Å²) in [7, 11) is 2.00. The van der Waals surface area contributed by atoms with Crippen molar-refractivity contribution in [2.75, 3.05) is 0 Å². The van der Waals surface area contributed by atoms with E-state index in [9.17, 15) is 5.11 Å². The van der Waals surface area contributed by atoms with Gasteiger partial charge in [0.25, 0.3) is 0 Å². The van der Waals surface area contributed by atoms with E-state index < -0.39 is 0 Å². The minimum atomic E-state index is 0.306. The molecule has 0 saturated heterocycles. The van der Waals surface area contributed by atoms with Crippen LogP contribution in [-0.2, 0) is 7.05 Å². The van der Waals surface area contributed by atoms with Crippen LogP contribution < -0.4 is 0 Å². The van der Waals surface area contributed by atoms with Crippen LogP contribution in [0.5, 0.6) is 5.75 Å². The van der Waals surface area contributed by atoms with Crippen LogP contribution in [0.2, 0.25) is 0 Å². The van der Waals surface area contributed by atoms with Gasteiger partial charge in [0.15, 0.2) is 0 Å². The van der Waals surface area contributed by atoms with Gasteiger partial charge < -0.3 is 9.67 Å². The number of phenolic OH excluding ortho intramolecular Hbond substituents is 1. The van der Waals surface area contributed by atoms with Gasteiger partial charge in [0, 0.05) is 18.2 Å². The van der Waals surface area contributed by atoms with Crippen LogP contribution in [-0.4, -0.2) is 14.7 Å². The molecule has 0 saturated carbocycles. The zero-order valence-corrected chi connectivity index (χ0v) is 11.3. The first kappa shape index (κ1) is 11.8. The highest BCUT2D eigenvalue weighted by molar-refractivity contribution is 5.82. The number of fused-ring (bicyclic) bond motifs is 1. The molecule has 3 heteroatoms. The van der Waals surface area contributed by atoms with Crippen molar-refractivity contribution >= 4 is 11.0 Å². The largest absolute Gasteiger partial charge is 0.508 e. The van der Waals surface area contributed by atoms with Crippen LogP contribution in [0.15, 0.2) is 36.4 Å². The molecule has 3 aromatic rings. The van der Waals surface area contributed by atoms with E-state index in [1.165, 1.54) is 5.56 Å². The monoisotopic (exact) mass is 252 g/mol. The predicted octanol–water partition coefficient (Wildman–Crippen LogP) is 3.56. The van der Waals surface area contributed by atoms with Crippen molar-refractivity contribution in [3.05, 3.63) is 47.5 Å². The second kappa shape index (κ2) is 4.12. The fourth-order valence-corrected chi connectivity index (χ4v) is 2.42. The minimum absolute atomic E-state index is 0.306. The molecule has 0 unspecified atom stereocenters. The summed E-state index contributed by atoms with van der Waals surface area (Å²) in [6.45, 7) is 3.97. The Hall–Kier alpha value is -2.29. The second-order valence-electron chi connectivity index (χ2n) is 4.94. The average molecular weight is 252 g/mol. The molecule has 0 spiro atoms. The van der Waals surface area contributed by atoms with E-state index in [2.05, 4.69) is 29.7 Å². The molecule has 0 amide bonds. The summed E-state index contributed by atoms with van der Waals surface area (Å²) in [5, 5.41) is 9.83. The number of hydrogen-bond acceptors (Lipinski definition) is 2. The number of aryl methyl sites for hydroxylation is 2. The molecule has 1 N–H and O–H groups in total. The molecule has 0 fully saturated rings. The molecule has 0 aliphatic carbocycles. The molecule has 0 bridgehead atoms. The molecular weight excluding hydrogens is 236 g/mol. The van der Waals surface area contributed by atoms with Crippen LogP contribution in [0, 0.1) is 13.8 Å². The number of imidazole rings is 1. The zero-order valence-electron chi connectivity index (χ0n) is 11.3. The Bertz CT molecular complexity index is 772. The highest BCUT2D eigenvalue weighted by Crippen LogP contribution is 2.30. The number of benzene rings is 2. The molecule has 0 aliphatic rings. The molecule has 1 heterocycles. The molecule has 0 aliphatic heterocycles. The maximum Gasteiger partial charge on any atom is 0.141 e. The summed E-state index contributed by atoms with van der Waals surface area (Å²) < 4.78 is 2.07. The lowest BCUT2D eigenvalue weighted by Gasteiger charge is -2.07. The van der Waals surface area contributed by atoms with Gasteiger partial charge in [-0.15, -0.1) is 0 Å². The van der Waals surface area contributed by atoms with Gasteiger partial charge in [0.1, 0.15) is 11.6 Å². The van der Waals surface area contributed by atoms with Gasteiger partial charge in [-0.05, 0) is 37.6 Å². The molecule has 2 aromatic carbocycles. The van der Waals surface area contributed by atoms with Crippen molar-refractivity contribution in [2.24, 2.45) is 7.05 Å². The Morgan fingerprint density at radius 1 is 1.11 bits per heavy atom. The summed E-state index contributed by atoms with van der Waals surface area (Å²) in [5.41, 5.74) is 5.11. The first-order valence-electron chi connectivity index (χ1n) is 6.30. The van der Waals surface area contributed by atoms with Gasteiger partial charge in [-0.2, -0.15) is 0 Å². The van der Waals surface area contributed by atoms with Crippen molar-refractivity contribution < 1.29 is 5.11 Å². The normalized spacial score (nSPS) is 11.1. The average Bonchev–Trinajstić information content (AvgIpc) is 2.69. The highest BCUT2D eigenvalue weighted by atomic mass is 16.3. The van der Waals surface area contributed by atoms with Gasteiger partial charge in [-0.3, -0.25) is 0 Å². The van der Waals surface area contributed by atoms with Crippen LogP contribution in [0.25, 0.3) is 22.4 Å². The van der Waals surface area contributed by atoms with Crippen LogP contribution >= 0.6 is 0 Å². The first-order chi connectivity index (χ1) is 9.08. The minimum Gasteiger partial charge on any atom is -0.508 e. The number of aromatic nitrogens is 2. The summed E-state index contributed by atoms with van der Waals surface area (Å²) in [4.78, 5) is 4.70. The van der Waals surface area contributed by atoms with Gasteiger partial charge in [-0.1, -0.05) is 18.2 Å². The molecule has 1 aromatic heterocycles. The Morgan fingerprint density at radius 2 is 1.89 bits per heavy atom. The number of hydrogen-bond donors (Lipinski definition) is 1. The lowest BCUT2D eigenvalue weighted by atomic mass is 10.1. The summed E-state index contributed by atoms with van der Waals surface area (Å²) in [5.74, 6) is 1.19. The van der Waals surface area contributed by atoms with E-state index in [0.29, 0.717) is 5.75 Å². The molecule has 3 nitrogen and oxygen atoms in total. The van der Waals surface area contributed by atoms with Crippen molar-refractivity contribution in [2.45, 2.75) is 13.8 Å². The Labute approximate surface area is 112 Å². The summed E-state index contributed by atoms with van der Waals surface area (Å²) in [6, 6.07) is 11.8. The van der Waals surface area contributed by atoms with Crippen molar-refractivity contribution in [1.29, 1.82) is 0 Å². The number of aromatic hydroxyl groups is 1. The SMILES string of the molecule is Cc1ccc2c(c1)nc(-c1cccc(O)c1C)n2C. The van der Waals surface area contributed by atoms with Crippen LogP contribution in [0.4, 0.5) is 0 Å². The summed E-state index contributed by atoms with van der Waals surface area (Å²) >= 11 is 0. The Kier molecular flexibility index (Phi) is 2.56. The van der Waals surface area contributed by atoms with E-state index in [1.54, 1.807) is 6.07 Å². The molecule has 19 heavy (non-hydrogen) atoms. The van der Waals surface area contributed by atoms with E-state index in [1.807, 2.05) is 26.1 Å². The first-order valence-corrected chi connectivity index (χ1v) is 6.30. The molecule has 3 rings (SSSR count). The quantitative estimate of drug-likeness (QED) is 0.719. The lowest BCUT2D eigenvalue weighted by Crippen LogP contribution is -1.94. The van der Waals surface area contributed by atoms with Crippen LogP contribution in [0.3, 0.4) is 0 Å². The van der Waals surface area contributed by atoms with E-state index in [4.69, 9.17) is 4.98 Å². The molecule has 0 atom stereocenters. The van der Waals surface area contributed by atoms with Gasteiger partial charge in [0.2, 0.25) is 0 Å². The smallest absolute Gasteiger partial charge is 0.141 e. The third-order valence-electron chi connectivity index (χ3n) is 3.58. The fraction of sp³-hybridized carbons (Fsp3) is 0.188. The van der Waals surface area contributed by atoms with E-state index >= 15 is 0 Å². The lowest BCUT2D eigenvalue weighted by molar-refractivity contribution is 0.471. The third-order valence-corrected chi connectivity index (χ3v) is 3.58. The van der Waals surface area contributed by atoms with Crippen molar-refractivity contribution in [3.63, 3.8) is 0 Å². The Balaban J connectivity index is 2.31. The standard InChI is InChI=1S/C16H16N2O/c1-10-7-8-14-13(9-10)17-16(18(14)3)12-5-4-6-15(19)11(12)2/h4-9,19H,1-3H3. The maximum atomic E-state index is 9.83. The van der Waals surface area contributed by atoms with Gasteiger partial charge >= 0.3 is 0 Å².